The van der Waals surface area contributed by atoms with Crippen molar-refractivity contribution >= 4 is 12.1 Å². The van der Waals surface area contributed by atoms with Gasteiger partial charge in [-0.2, -0.15) is 5.10 Å². The molecule has 1 aromatic rings. The monoisotopic (exact) mass is 323 g/mol. The van der Waals surface area contributed by atoms with Crippen LogP contribution in [0.4, 0.5) is 4.79 Å². The smallest absolute Gasteiger partial charge is 0.410 e. The molecule has 0 radical (unpaired) electrons. The number of piperidine rings is 1. The summed E-state index contributed by atoms with van der Waals surface area (Å²) in [4.78, 5) is 25.4. The van der Waals surface area contributed by atoms with Gasteiger partial charge < -0.3 is 14.4 Å². The lowest BCUT2D eigenvalue weighted by atomic mass is 10.1. The van der Waals surface area contributed by atoms with Gasteiger partial charge in [0, 0.05) is 19.3 Å². The molecule has 0 atom stereocenters. The molecule has 0 bridgehead atoms. The molecular weight excluding hydrogens is 298 g/mol. The number of hydrogen-bond acceptors (Lipinski definition) is 5. The van der Waals surface area contributed by atoms with E-state index in [9.17, 15) is 9.59 Å². The van der Waals surface area contributed by atoms with Gasteiger partial charge in [-0.15, -0.1) is 0 Å². The molecular formula is C16H25N3O4. The topological polar surface area (TPSA) is 73.7 Å². The Morgan fingerprint density at radius 2 is 1.96 bits per heavy atom. The van der Waals surface area contributed by atoms with E-state index in [0.29, 0.717) is 25.4 Å². The first-order valence-electron chi connectivity index (χ1n) is 8.00. The zero-order chi connectivity index (χ0) is 17.0. The molecule has 7 heteroatoms. The molecule has 0 aromatic carbocycles. The number of rotatable bonds is 3. The summed E-state index contributed by atoms with van der Waals surface area (Å²) in [5, 5.41) is 4.29. The van der Waals surface area contributed by atoms with Crippen LogP contribution >= 0.6 is 0 Å². The summed E-state index contributed by atoms with van der Waals surface area (Å²) < 4.78 is 12.1. The minimum absolute atomic E-state index is 0.178. The van der Waals surface area contributed by atoms with Gasteiger partial charge in [0.25, 0.3) is 0 Å². The molecule has 0 aliphatic carbocycles. The largest absolute Gasteiger partial charge is 0.461 e. The molecule has 1 amide bonds. The molecule has 0 unspecified atom stereocenters. The van der Waals surface area contributed by atoms with Crippen LogP contribution < -0.4 is 0 Å². The van der Waals surface area contributed by atoms with Gasteiger partial charge >= 0.3 is 12.1 Å². The highest BCUT2D eigenvalue weighted by atomic mass is 16.6. The zero-order valence-corrected chi connectivity index (χ0v) is 14.2. The van der Waals surface area contributed by atoms with E-state index in [1.54, 1.807) is 28.8 Å². The number of aromatic nitrogens is 2. The Balaban J connectivity index is 1.89. The SMILES string of the molecule is CCOC(=O)c1ccn(C2CCN(C(=O)OC(C)(C)C)CC2)n1. The lowest BCUT2D eigenvalue weighted by Gasteiger charge is -2.33. The second-order valence-corrected chi connectivity index (χ2v) is 6.60. The van der Waals surface area contributed by atoms with E-state index < -0.39 is 11.6 Å². The summed E-state index contributed by atoms with van der Waals surface area (Å²) in [6.45, 7) is 8.92. The van der Waals surface area contributed by atoms with Crippen molar-refractivity contribution in [3.8, 4) is 0 Å². The van der Waals surface area contributed by atoms with Crippen molar-refractivity contribution in [2.75, 3.05) is 19.7 Å². The first-order valence-corrected chi connectivity index (χ1v) is 8.00. The normalized spacial score (nSPS) is 16.3. The fourth-order valence-electron chi connectivity index (χ4n) is 2.49. The Morgan fingerprint density at radius 1 is 1.30 bits per heavy atom. The number of carbonyl (C=O) groups is 2. The molecule has 1 aliphatic rings. The number of likely N-dealkylation sites (tertiary alicyclic amines) is 1. The molecule has 23 heavy (non-hydrogen) atoms. The van der Waals surface area contributed by atoms with Crippen LogP contribution in [-0.2, 0) is 9.47 Å². The van der Waals surface area contributed by atoms with Crippen LogP contribution in [-0.4, -0.2) is 52.0 Å². The van der Waals surface area contributed by atoms with Crippen molar-refractivity contribution in [1.82, 2.24) is 14.7 Å². The summed E-state index contributed by atoms with van der Waals surface area (Å²) in [6, 6.07) is 1.84. The minimum Gasteiger partial charge on any atom is -0.461 e. The van der Waals surface area contributed by atoms with Gasteiger partial charge in [-0.3, -0.25) is 4.68 Å². The number of ether oxygens (including phenoxy) is 2. The van der Waals surface area contributed by atoms with E-state index in [1.165, 1.54) is 0 Å². The first kappa shape index (κ1) is 17.3. The molecule has 128 valence electrons. The Morgan fingerprint density at radius 3 is 2.52 bits per heavy atom. The maximum atomic E-state index is 12.0. The zero-order valence-electron chi connectivity index (χ0n) is 14.2. The lowest BCUT2D eigenvalue weighted by Crippen LogP contribution is -2.42. The third-order valence-corrected chi connectivity index (χ3v) is 3.58. The quantitative estimate of drug-likeness (QED) is 0.800. The molecule has 1 saturated heterocycles. The summed E-state index contributed by atoms with van der Waals surface area (Å²) in [7, 11) is 0. The highest BCUT2D eigenvalue weighted by Gasteiger charge is 2.28. The molecule has 0 N–H and O–H groups in total. The molecule has 0 spiro atoms. The van der Waals surface area contributed by atoms with E-state index >= 15 is 0 Å². The maximum absolute atomic E-state index is 12.0. The van der Waals surface area contributed by atoms with Crippen molar-refractivity contribution in [2.24, 2.45) is 0 Å². The predicted octanol–water partition coefficient (Wildman–Crippen LogP) is 2.63. The third-order valence-electron chi connectivity index (χ3n) is 3.58. The van der Waals surface area contributed by atoms with Gasteiger partial charge in [-0.25, -0.2) is 9.59 Å². The van der Waals surface area contributed by atoms with Gasteiger partial charge in [-0.05, 0) is 46.6 Å². The van der Waals surface area contributed by atoms with Crippen LogP contribution in [0.1, 0.15) is 57.1 Å². The van der Waals surface area contributed by atoms with Crippen molar-refractivity contribution < 1.29 is 19.1 Å². The van der Waals surface area contributed by atoms with Crippen LogP contribution in [0.25, 0.3) is 0 Å². The van der Waals surface area contributed by atoms with E-state index in [2.05, 4.69) is 5.10 Å². The average Bonchev–Trinajstić information content (AvgIpc) is 2.96. The van der Waals surface area contributed by atoms with Crippen molar-refractivity contribution in [3.63, 3.8) is 0 Å². The average molecular weight is 323 g/mol. The Labute approximate surface area is 136 Å². The van der Waals surface area contributed by atoms with Crippen LogP contribution in [0.3, 0.4) is 0 Å². The molecule has 1 aromatic heterocycles. The van der Waals surface area contributed by atoms with Crippen LogP contribution in [0, 0.1) is 0 Å². The molecule has 7 nitrogen and oxygen atoms in total. The molecule has 2 heterocycles. The fourth-order valence-corrected chi connectivity index (χ4v) is 2.49. The van der Waals surface area contributed by atoms with Crippen molar-refractivity contribution in [2.45, 2.75) is 52.2 Å². The van der Waals surface area contributed by atoms with Gasteiger partial charge in [-0.1, -0.05) is 0 Å². The summed E-state index contributed by atoms with van der Waals surface area (Å²) in [5.74, 6) is -0.405. The number of esters is 1. The van der Waals surface area contributed by atoms with Crippen molar-refractivity contribution in [1.29, 1.82) is 0 Å². The number of hydrogen-bond donors (Lipinski definition) is 0. The van der Waals surface area contributed by atoms with Crippen LogP contribution in [0.5, 0.6) is 0 Å². The van der Waals surface area contributed by atoms with Gasteiger partial charge in [0.15, 0.2) is 5.69 Å². The second kappa shape index (κ2) is 7.02. The number of nitrogens with zero attached hydrogens (tertiary/aromatic N) is 3. The van der Waals surface area contributed by atoms with E-state index in [1.807, 2.05) is 20.8 Å². The molecule has 0 saturated carbocycles. The highest BCUT2D eigenvalue weighted by molar-refractivity contribution is 5.87. The van der Waals surface area contributed by atoms with E-state index in [0.717, 1.165) is 12.8 Å². The maximum Gasteiger partial charge on any atom is 0.410 e. The molecule has 1 fully saturated rings. The van der Waals surface area contributed by atoms with Gasteiger partial charge in [0.05, 0.1) is 12.6 Å². The summed E-state index contributed by atoms with van der Waals surface area (Å²) in [6.07, 6.45) is 3.08. The molecule has 2 rings (SSSR count). The summed E-state index contributed by atoms with van der Waals surface area (Å²) in [5.41, 5.74) is -0.161. The highest BCUT2D eigenvalue weighted by Crippen LogP contribution is 2.23. The Hall–Kier alpha value is -2.05. The third kappa shape index (κ3) is 4.71. The first-order chi connectivity index (χ1) is 10.8. The number of amides is 1. The minimum atomic E-state index is -0.482. The Bertz CT molecular complexity index is 554. The van der Waals surface area contributed by atoms with Crippen LogP contribution in [0.15, 0.2) is 12.3 Å². The molecule has 1 aliphatic heterocycles. The van der Waals surface area contributed by atoms with Gasteiger partial charge in [0.1, 0.15) is 5.60 Å². The van der Waals surface area contributed by atoms with E-state index in [4.69, 9.17) is 9.47 Å². The van der Waals surface area contributed by atoms with Crippen molar-refractivity contribution in [3.05, 3.63) is 18.0 Å². The lowest BCUT2D eigenvalue weighted by molar-refractivity contribution is 0.0185. The summed E-state index contributed by atoms with van der Waals surface area (Å²) >= 11 is 0. The van der Waals surface area contributed by atoms with Crippen LogP contribution in [0.2, 0.25) is 0 Å². The number of carbonyl (C=O) groups excluding carboxylic acids is 2. The standard InChI is InChI=1S/C16H25N3O4/c1-5-22-14(20)13-8-11-19(17-13)12-6-9-18(10-7-12)15(21)23-16(2,3)4/h8,11-12H,5-7,9-10H2,1-4H3. The van der Waals surface area contributed by atoms with E-state index in [-0.39, 0.29) is 12.1 Å². The fraction of sp³-hybridized carbons (Fsp3) is 0.688. The second-order valence-electron chi connectivity index (χ2n) is 6.60. The predicted molar refractivity (Wildman–Crippen MR) is 84.3 cm³/mol. The Kier molecular flexibility index (Phi) is 5.28. The van der Waals surface area contributed by atoms with Gasteiger partial charge in [0.2, 0.25) is 0 Å².